The van der Waals surface area contributed by atoms with Crippen LogP contribution in [-0.4, -0.2) is 0 Å². The van der Waals surface area contributed by atoms with Gasteiger partial charge in [-0.2, -0.15) is 0 Å². The number of hydrogen-bond acceptors (Lipinski definition) is 3. The maximum atomic E-state index is 12.6. The van der Waals surface area contributed by atoms with Crippen molar-refractivity contribution in [2.24, 2.45) is 0 Å². The lowest BCUT2D eigenvalue weighted by atomic mass is 10.0. The van der Waals surface area contributed by atoms with E-state index in [-0.39, 0.29) is 5.43 Å². The number of fused-ring (bicyclic) bond motifs is 2. The number of benzene rings is 2. The van der Waals surface area contributed by atoms with Crippen LogP contribution < -0.4 is 10.2 Å². The fourth-order valence-electron chi connectivity index (χ4n) is 2.60. The van der Waals surface area contributed by atoms with Crippen LogP contribution >= 0.6 is 11.6 Å². The first-order valence-electron chi connectivity index (χ1n) is 6.88. The molecule has 3 aromatic rings. The quantitative estimate of drug-likeness (QED) is 0.664. The maximum absolute atomic E-state index is 12.6. The highest BCUT2D eigenvalue weighted by Crippen LogP contribution is 2.38. The molecule has 0 saturated carbocycles. The van der Waals surface area contributed by atoms with Gasteiger partial charge in [0.2, 0.25) is 0 Å². The molecule has 1 aliphatic rings. The minimum atomic E-state index is -0.553. The second kappa shape index (κ2) is 5.04. The molecule has 2 aromatic carbocycles. The lowest BCUT2D eigenvalue weighted by Gasteiger charge is -2.22. The molecule has 3 nitrogen and oxygen atoms in total. The molecule has 4 rings (SSSR count). The molecule has 2 heterocycles. The van der Waals surface area contributed by atoms with Crippen LogP contribution in [0.15, 0.2) is 70.1 Å². The van der Waals surface area contributed by atoms with Gasteiger partial charge in [-0.15, -0.1) is 0 Å². The lowest BCUT2D eigenvalue weighted by molar-refractivity contribution is 0.247. The van der Waals surface area contributed by atoms with Gasteiger partial charge >= 0.3 is 0 Å². The van der Waals surface area contributed by atoms with E-state index in [1.807, 2.05) is 36.4 Å². The SMILES string of the molecule is O=c1c(C2C=C(Cl)c3ccccc3O2)coc2ccccc12. The van der Waals surface area contributed by atoms with Gasteiger partial charge in [0.1, 0.15) is 17.6 Å². The van der Waals surface area contributed by atoms with Gasteiger partial charge < -0.3 is 9.15 Å². The van der Waals surface area contributed by atoms with Crippen molar-refractivity contribution in [1.82, 2.24) is 0 Å². The third-order valence-electron chi connectivity index (χ3n) is 3.71. The first-order chi connectivity index (χ1) is 10.7. The molecule has 0 amide bonds. The van der Waals surface area contributed by atoms with Crippen molar-refractivity contribution >= 4 is 27.6 Å². The van der Waals surface area contributed by atoms with Gasteiger partial charge in [0.15, 0.2) is 11.5 Å². The minimum absolute atomic E-state index is 0.105. The van der Waals surface area contributed by atoms with E-state index >= 15 is 0 Å². The van der Waals surface area contributed by atoms with Crippen LogP contribution in [0.2, 0.25) is 0 Å². The Morgan fingerprint density at radius 2 is 1.77 bits per heavy atom. The molecule has 0 saturated heterocycles. The second-order valence-corrected chi connectivity index (χ2v) is 5.47. The highest BCUT2D eigenvalue weighted by Gasteiger charge is 2.24. The summed E-state index contributed by atoms with van der Waals surface area (Å²) in [7, 11) is 0. The molecule has 0 radical (unpaired) electrons. The van der Waals surface area contributed by atoms with E-state index in [1.165, 1.54) is 6.26 Å². The van der Waals surface area contributed by atoms with E-state index in [4.69, 9.17) is 20.8 Å². The summed E-state index contributed by atoms with van der Waals surface area (Å²) in [5.74, 6) is 0.660. The summed E-state index contributed by atoms with van der Waals surface area (Å²) in [5, 5.41) is 1.10. The number of para-hydroxylation sites is 2. The fourth-order valence-corrected chi connectivity index (χ4v) is 2.87. The summed E-state index contributed by atoms with van der Waals surface area (Å²) in [6.07, 6.45) is 2.62. The van der Waals surface area contributed by atoms with Gasteiger partial charge in [0, 0.05) is 5.56 Å². The highest BCUT2D eigenvalue weighted by molar-refractivity contribution is 6.49. The molecule has 0 bridgehead atoms. The number of rotatable bonds is 1. The van der Waals surface area contributed by atoms with Crippen LogP contribution in [-0.2, 0) is 0 Å². The van der Waals surface area contributed by atoms with E-state index < -0.39 is 6.10 Å². The molecule has 0 spiro atoms. The Bertz CT molecular complexity index is 956. The topological polar surface area (TPSA) is 39.4 Å². The van der Waals surface area contributed by atoms with Crippen LogP contribution in [0.1, 0.15) is 17.2 Å². The van der Waals surface area contributed by atoms with Gasteiger partial charge in [0.05, 0.1) is 16.0 Å². The predicted octanol–water partition coefficient (Wildman–Crippen LogP) is 4.51. The lowest BCUT2D eigenvalue weighted by Crippen LogP contribution is -2.18. The Labute approximate surface area is 131 Å². The van der Waals surface area contributed by atoms with E-state index in [0.29, 0.717) is 27.3 Å². The normalized spacial score (nSPS) is 16.8. The summed E-state index contributed by atoms with van der Waals surface area (Å²) in [6.45, 7) is 0. The van der Waals surface area contributed by atoms with E-state index in [2.05, 4.69) is 0 Å². The highest BCUT2D eigenvalue weighted by atomic mass is 35.5. The summed E-state index contributed by atoms with van der Waals surface area (Å²) >= 11 is 6.31. The van der Waals surface area contributed by atoms with E-state index in [0.717, 1.165) is 5.56 Å². The molecule has 1 atom stereocenters. The third-order valence-corrected chi connectivity index (χ3v) is 4.04. The Balaban J connectivity index is 1.86. The molecule has 4 heteroatoms. The van der Waals surface area contributed by atoms with Crippen LogP contribution in [0.3, 0.4) is 0 Å². The standard InChI is InChI=1S/C18H11ClO3/c19-14-9-17(22-16-8-4-1-5-11(14)16)13-10-21-15-7-3-2-6-12(15)18(13)20/h1-10,17H. The smallest absolute Gasteiger partial charge is 0.199 e. The number of ether oxygens (including phenoxy) is 1. The van der Waals surface area contributed by atoms with Crippen LogP contribution in [0.4, 0.5) is 0 Å². The number of halogens is 1. The van der Waals surface area contributed by atoms with Gasteiger partial charge in [-0.25, -0.2) is 0 Å². The summed E-state index contributed by atoms with van der Waals surface area (Å²) in [5.41, 5.74) is 1.71. The van der Waals surface area contributed by atoms with E-state index in [9.17, 15) is 4.79 Å². The van der Waals surface area contributed by atoms with Crippen molar-refractivity contribution in [3.8, 4) is 5.75 Å². The van der Waals surface area contributed by atoms with Crippen LogP contribution in [0.5, 0.6) is 5.75 Å². The molecular formula is C18H11ClO3. The molecule has 108 valence electrons. The zero-order valence-corrected chi connectivity index (χ0v) is 12.2. The predicted molar refractivity (Wildman–Crippen MR) is 86.1 cm³/mol. The van der Waals surface area contributed by atoms with Gasteiger partial charge in [-0.05, 0) is 30.3 Å². The average Bonchev–Trinajstić information content (AvgIpc) is 2.55. The second-order valence-electron chi connectivity index (χ2n) is 5.07. The van der Waals surface area contributed by atoms with Crippen molar-refractivity contribution < 1.29 is 9.15 Å². The maximum Gasteiger partial charge on any atom is 0.199 e. The molecule has 1 unspecified atom stereocenters. The Hall–Kier alpha value is -2.52. The van der Waals surface area contributed by atoms with Crippen molar-refractivity contribution in [3.05, 3.63) is 82.2 Å². The summed E-state index contributed by atoms with van der Waals surface area (Å²) in [4.78, 5) is 12.6. The van der Waals surface area contributed by atoms with Crippen LogP contribution in [0.25, 0.3) is 16.0 Å². The molecule has 0 N–H and O–H groups in total. The molecular weight excluding hydrogens is 300 g/mol. The zero-order valence-electron chi connectivity index (χ0n) is 11.5. The first kappa shape index (κ1) is 13.2. The van der Waals surface area contributed by atoms with Gasteiger partial charge in [-0.1, -0.05) is 35.9 Å². The van der Waals surface area contributed by atoms with Crippen molar-refractivity contribution in [2.45, 2.75) is 6.10 Å². The molecule has 1 aromatic heterocycles. The number of hydrogen-bond donors (Lipinski definition) is 0. The average molecular weight is 311 g/mol. The Kier molecular flexibility index (Phi) is 3.01. The fraction of sp³-hybridized carbons (Fsp3) is 0.0556. The van der Waals surface area contributed by atoms with Gasteiger partial charge in [0.25, 0.3) is 0 Å². The summed E-state index contributed by atoms with van der Waals surface area (Å²) < 4.78 is 11.4. The third kappa shape index (κ3) is 2.02. The summed E-state index contributed by atoms with van der Waals surface area (Å²) in [6, 6.07) is 14.6. The Morgan fingerprint density at radius 1 is 1.00 bits per heavy atom. The largest absolute Gasteiger partial charge is 0.481 e. The monoisotopic (exact) mass is 310 g/mol. The molecule has 0 aliphatic carbocycles. The van der Waals surface area contributed by atoms with Crippen LogP contribution in [0, 0.1) is 0 Å². The zero-order chi connectivity index (χ0) is 15.1. The van der Waals surface area contributed by atoms with Gasteiger partial charge in [-0.3, -0.25) is 4.79 Å². The molecule has 0 fully saturated rings. The molecule has 22 heavy (non-hydrogen) atoms. The first-order valence-corrected chi connectivity index (χ1v) is 7.25. The van der Waals surface area contributed by atoms with Crippen molar-refractivity contribution in [1.29, 1.82) is 0 Å². The van der Waals surface area contributed by atoms with E-state index in [1.54, 1.807) is 18.2 Å². The Morgan fingerprint density at radius 3 is 2.68 bits per heavy atom. The minimum Gasteiger partial charge on any atom is -0.481 e. The molecule has 1 aliphatic heterocycles. The van der Waals surface area contributed by atoms with Crippen molar-refractivity contribution in [2.75, 3.05) is 0 Å². The van der Waals surface area contributed by atoms with Crippen molar-refractivity contribution in [3.63, 3.8) is 0 Å².